The van der Waals surface area contributed by atoms with Crippen molar-refractivity contribution < 1.29 is 0 Å². The molecule has 1 unspecified atom stereocenters. The highest BCUT2D eigenvalue weighted by atomic mass is 15.1. The lowest BCUT2D eigenvalue weighted by atomic mass is 10.1. The van der Waals surface area contributed by atoms with E-state index in [4.69, 9.17) is 0 Å². The van der Waals surface area contributed by atoms with Crippen molar-refractivity contribution in [3.63, 3.8) is 0 Å². The number of rotatable bonds is 8. The second-order valence-electron chi connectivity index (χ2n) is 4.92. The van der Waals surface area contributed by atoms with Gasteiger partial charge in [-0.15, -0.1) is 0 Å². The third kappa shape index (κ3) is 8.52. The number of hydrogen-bond donors (Lipinski definition) is 1. The van der Waals surface area contributed by atoms with Gasteiger partial charge < -0.3 is 10.2 Å². The fourth-order valence-corrected chi connectivity index (χ4v) is 1.82. The van der Waals surface area contributed by atoms with Gasteiger partial charge in [0.2, 0.25) is 0 Å². The fraction of sp³-hybridized carbons (Fsp3) is 1.00. The molecule has 14 heavy (non-hydrogen) atoms. The van der Waals surface area contributed by atoms with E-state index in [1.807, 2.05) is 0 Å². The quantitative estimate of drug-likeness (QED) is 0.604. The molecule has 0 heterocycles. The highest BCUT2D eigenvalue weighted by Gasteiger charge is 2.06. The van der Waals surface area contributed by atoms with E-state index in [0.717, 1.165) is 24.9 Å². The number of nitrogens with zero attached hydrogens (tertiary/aromatic N) is 1. The van der Waals surface area contributed by atoms with Gasteiger partial charge in [-0.3, -0.25) is 0 Å². The topological polar surface area (TPSA) is 15.3 Å². The molecule has 0 spiro atoms. The van der Waals surface area contributed by atoms with Crippen LogP contribution < -0.4 is 5.32 Å². The molecule has 0 amide bonds. The molecule has 1 N–H and O–H groups in total. The zero-order valence-electron chi connectivity index (χ0n) is 10.6. The minimum atomic E-state index is 0.755. The lowest BCUT2D eigenvalue weighted by molar-refractivity contribution is 0.254. The predicted molar refractivity (Wildman–Crippen MR) is 64.7 cm³/mol. The van der Waals surface area contributed by atoms with Crippen LogP contribution in [-0.4, -0.2) is 38.1 Å². The third-order valence-corrected chi connectivity index (χ3v) is 2.22. The van der Waals surface area contributed by atoms with Crippen molar-refractivity contribution in [2.45, 2.75) is 34.1 Å². The average Bonchev–Trinajstić information content (AvgIpc) is 2.02. The van der Waals surface area contributed by atoms with Crippen molar-refractivity contribution in [1.29, 1.82) is 0 Å². The second kappa shape index (κ2) is 8.25. The molecule has 0 aliphatic carbocycles. The van der Waals surface area contributed by atoms with Gasteiger partial charge in [-0.2, -0.15) is 0 Å². The molecule has 0 aromatic carbocycles. The molecular weight excluding hydrogens is 172 g/mol. The molecule has 0 bridgehead atoms. The standard InChI is InChI=1S/C12H28N2/c1-6-7-13-8-12(4)10-14(5)9-11(2)3/h11-13H,6-10H2,1-5H3. The smallest absolute Gasteiger partial charge is 0.00162 e. The van der Waals surface area contributed by atoms with Gasteiger partial charge in [0.05, 0.1) is 0 Å². The van der Waals surface area contributed by atoms with Crippen LogP contribution in [0.2, 0.25) is 0 Å². The fourth-order valence-electron chi connectivity index (χ4n) is 1.82. The Balaban J connectivity index is 3.44. The van der Waals surface area contributed by atoms with Crippen LogP contribution in [0.15, 0.2) is 0 Å². The summed E-state index contributed by atoms with van der Waals surface area (Å²) in [6.45, 7) is 13.8. The summed E-state index contributed by atoms with van der Waals surface area (Å²) in [6, 6.07) is 0. The minimum absolute atomic E-state index is 0.755. The van der Waals surface area contributed by atoms with Gasteiger partial charge >= 0.3 is 0 Å². The van der Waals surface area contributed by atoms with Gasteiger partial charge in [-0.05, 0) is 38.4 Å². The Hall–Kier alpha value is -0.0800. The van der Waals surface area contributed by atoms with Crippen molar-refractivity contribution in [2.75, 3.05) is 33.2 Å². The molecule has 0 saturated carbocycles. The summed E-state index contributed by atoms with van der Waals surface area (Å²) in [4.78, 5) is 2.43. The highest BCUT2D eigenvalue weighted by molar-refractivity contribution is 4.63. The van der Waals surface area contributed by atoms with E-state index in [9.17, 15) is 0 Å². The van der Waals surface area contributed by atoms with Crippen molar-refractivity contribution in [1.82, 2.24) is 10.2 Å². The molecule has 1 atom stereocenters. The maximum atomic E-state index is 3.47. The molecule has 0 radical (unpaired) electrons. The number of nitrogens with one attached hydrogen (secondary N) is 1. The lowest BCUT2D eigenvalue weighted by Gasteiger charge is -2.23. The Labute approximate surface area is 90.1 Å². The second-order valence-corrected chi connectivity index (χ2v) is 4.92. The van der Waals surface area contributed by atoms with Gasteiger partial charge in [0.1, 0.15) is 0 Å². The zero-order valence-corrected chi connectivity index (χ0v) is 10.6. The summed E-state index contributed by atoms with van der Waals surface area (Å²) in [7, 11) is 2.22. The van der Waals surface area contributed by atoms with Gasteiger partial charge in [0.25, 0.3) is 0 Å². The van der Waals surface area contributed by atoms with E-state index < -0.39 is 0 Å². The predicted octanol–water partition coefficient (Wildman–Crippen LogP) is 2.21. The van der Waals surface area contributed by atoms with Gasteiger partial charge in [0.15, 0.2) is 0 Å². The van der Waals surface area contributed by atoms with E-state index in [0.29, 0.717) is 0 Å². The molecule has 2 nitrogen and oxygen atoms in total. The Morgan fingerprint density at radius 1 is 1.14 bits per heavy atom. The van der Waals surface area contributed by atoms with Crippen LogP contribution in [0.1, 0.15) is 34.1 Å². The first-order valence-electron chi connectivity index (χ1n) is 5.95. The van der Waals surface area contributed by atoms with Crippen LogP contribution in [0.4, 0.5) is 0 Å². The maximum absolute atomic E-state index is 3.47. The first-order chi connectivity index (χ1) is 6.56. The lowest BCUT2D eigenvalue weighted by Crippen LogP contribution is -2.33. The normalized spacial score (nSPS) is 13.9. The summed E-state index contributed by atoms with van der Waals surface area (Å²) in [5.41, 5.74) is 0. The van der Waals surface area contributed by atoms with Crippen LogP contribution in [0.5, 0.6) is 0 Å². The average molecular weight is 200 g/mol. The Kier molecular flexibility index (Phi) is 8.20. The Bertz CT molecular complexity index is 123. The van der Waals surface area contributed by atoms with E-state index >= 15 is 0 Å². The first kappa shape index (κ1) is 13.9. The molecule has 0 aliphatic rings. The SMILES string of the molecule is CCCNCC(C)CN(C)CC(C)C. The van der Waals surface area contributed by atoms with E-state index in [2.05, 4.69) is 45.0 Å². The number of hydrogen-bond acceptors (Lipinski definition) is 2. The monoisotopic (exact) mass is 200 g/mol. The molecule has 0 aromatic heterocycles. The van der Waals surface area contributed by atoms with Gasteiger partial charge in [-0.1, -0.05) is 27.7 Å². The molecular formula is C12H28N2. The first-order valence-corrected chi connectivity index (χ1v) is 5.95. The van der Waals surface area contributed by atoms with Crippen LogP contribution in [-0.2, 0) is 0 Å². The summed E-state index contributed by atoms with van der Waals surface area (Å²) in [5, 5.41) is 3.47. The van der Waals surface area contributed by atoms with Crippen molar-refractivity contribution in [2.24, 2.45) is 11.8 Å². The molecule has 86 valence electrons. The van der Waals surface area contributed by atoms with Crippen LogP contribution in [0.25, 0.3) is 0 Å². The molecule has 0 fully saturated rings. The van der Waals surface area contributed by atoms with E-state index in [1.165, 1.54) is 19.5 Å². The van der Waals surface area contributed by atoms with Crippen molar-refractivity contribution in [3.05, 3.63) is 0 Å². The Morgan fingerprint density at radius 3 is 2.29 bits per heavy atom. The van der Waals surface area contributed by atoms with Crippen LogP contribution in [0.3, 0.4) is 0 Å². The van der Waals surface area contributed by atoms with Crippen molar-refractivity contribution >= 4 is 0 Å². The van der Waals surface area contributed by atoms with Crippen molar-refractivity contribution in [3.8, 4) is 0 Å². The van der Waals surface area contributed by atoms with Crippen LogP contribution >= 0.6 is 0 Å². The molecule has 0 rings (SSSR count). The zero-order chi connectivity index (χ0) is 11.0. The maximum Gasteiger partial charge on any atom is 0.00162 e. The van der Waals surface area contributed by atoms with Gasteiger partial charge in [-0.25, -0.2) is 0 Å². The molecule has 2 heteroatoms. The summed E-state index contributed by atoms with van der Waals surface area (Å²) in [6.07, 6.45) is 1.23. The van der Waals surface area contributed by atoms with E-state index in [-0.39, 0.29) is 0 Å². The van der Waals surface area contributed by atoms with Gasteiger partial charge in [0, 0.05) is 13.1 Å². The van der Waals surface area contributed by atoms with Crippen LogP contribution in [0, 0.1) is 11.8 Å². The summed E-state index contributed by atoms with van der Waals surface area (Å²) < 4.78 is 0. The van der Waals surface area contributed by atoms with E-state index in [1.54, 1.807) is 0 Å². The Morgan fingerprint density at radius 2 is 1.79 bits per heavy atom. The largest absolute Gasteiger partial charge is 0.316 e. The highest BCUT2D eigenvalue weighted by Crippen LogP contribution is 2.00. The minimum Gasteiger partial charge on any atom is -0.316 e. The molecule has 0 saturated heterocycles. The molecule has 0 aliphatic heterocycles. The summed E-state index contributed by atoms with van der Waals surface area (Å²) in [5.74, 6) is 1.53. The third-order valence-electron chi connectivity index (χ3n) is 2.22. The molecule has 0 aromatic rings. The summed E-state index contributed by atoms with van der Waals surface area (Å²) >= 11 is 0.